The van der Waals surface area contributed by atoms with Crippen molar-refractivity contribution in [1.82, 2.24) is 4.57 Å². The monoisotopic (exact) mass is 383 g/mol. The van der Waals surface area contributed by atoms with Gasteiger partial charge in [-0.15, -0.1) is 0 Å². The molecule has 6 nitrogen and oxygen atoms in total. The van der Waals surface area contributed by atoms with Crippen LogP contribution in [0.15, 0.2) is 12.3 Å². The lowest BCUT2D eigenvalue weighted by molar-refractivity contribution is -0.143. The minimum Gasteiger partial charge on any atom is -0.466 e. The first-order chi connectivity index (χ1) is 12.1. The molecule has 0 unspecified atom stereocenters. The number of aromatic nitrogens is 1. The van der Waals surface area contributed by atoms with Crippen LogP contribution in [0, 0.1) is 0 Å². The maximum atomic E-state index is 12.5. The molecule has 0 spiro atoms. The van der Waals surface area contributed by atoms with Gasteiger partial charge in [0.05, 0.1) is 13.0 Å². The van der Waals surface area contributed by atoms with Gasteiger partial charge in [-0.2, -0.15) is 0 Å². The van der Waals surface area contributed by atoms with E-state index >= 15 is 0 Å². The van der Waals surface area contributed by atoms with Crippen molar-refractivity contribution in [2.45, 2.75) is 65.9 Å². The predicted molar refractivity (Wildman–Crippen MR) is 102 cm³/mol. The van der Waals surface area contributed by atoms with Gasteiger partial charge >= 0.3 is 12.1 Å². The standard InChI is InChI=1S/C19H29NO5S/c1-6-24-17(22)10-9-16-12-15(8-7-11-26-14(2)21)13-20(16)18(23)25-19(3,4)5/h12-13H,6-11H2,1-5H3. The van der Waals surface area contributed by atoms with E-state index in [4.69, 9.17) is 9.47 Å². The summed E-state index contributed by atoms with van der Waals surface area (Å²) in [5.41, 5.74) is 1.11. The molecule has 0 bridgehead atoms. The average Bonchev–Trinajstić information content (AvgIpc) is 2.91. The van der Waals surface area contributed by atoms with E-state index in [9.17, 15) is 14.4 Å². The molecule has 0 fully saturated rings. The van der Waals surface area contributed by atoms with Crippen molar-refractivity contribution < 1.29 is 23.9 Å². The molecule has 146 valence electrons. The molecule has 0 aliphatic rings. The van der Waals surface area contributed by atoms with E-state index in [0.717, 1.165) is 29.9 Å². The summed E-state index contributed by atoms with van der Waals surface area (Å²) in [4.78, 5) is 35.1. The Kier molecular flexibility index (Phi) is 8.92. The molecule has 0 atom stereocenters. The normalized spacial score (nSPS) is 11.3. The molecular formula is C19H29NO5S. The molecule has 1 aromatic rings. The van der Waals surface area contributed by atoms with Gasteiger partial charge in [0.1, 0.15) is 5.60 Å². The zero-order valence-electron chi connectivity index (χ0n) is 16.3. The Morgan fingerprint density at radius 2 is 1.88 bits per heavy atom. The van der Waals surface area contributed by atoms with E-state index in [1.54, 1.807) is 20.0 Å². The second kappa shape index (κ2) is 10.4. The fourth-order valence-corrected chi connectivity index (χ4v) is 2.91. The Morgan fingerprint density at radius 1 is 1.19 bits per heavy atom. The number of thioether (sulfide) groups is 1. The summed E-state index contributed by atoms with van der Waals surface area (Å²) < 4.78 is 11.9. The van der Waals surface area contributed by atoms with Gasteiger partial charge in [0.25, 0.3) is 0 Å². The van der Waals surface area contributed by atoms with Crippen LogP contribution in [0.4, 0.5) is 4.79 Å². The largest absolute Gasteiger partial charge is 0.466 e. The lowest BCUT2D eigenvalue weighted by Crippen LogP contribution is -2.27. The number of carbonyl (C=O) groups excluding carboxylic acids is 3. The molecule has 26 heavy (non-hydrogen) atoms. The smallest absolute Gasteiger partial charge is 0.418 e. The Bertz CT molecular complexity index is 630. The molecule has 0 amide bonds. The predicted octanol–water partition coefficient (Wildman–Crippen LogP) is 3.98. The number of hydrogen-bond acceptors (Lipinski definition) is 6. The van der Waals surface area contributed by atoms with E-state index in [1.807, 2.05) is 26.8 Å². The number of esters is 1. The third-order valence-corrected chi connectivity index (χ3v) is 4.25. The van der Waals surface area contributed by atoms with E-state index < -0.39 is 11.7 Å². The summed E-state index contributed by atoms with van der Waals surface area (Å²) in [5, 5.41) is 0.103. The van der Waals surface area contributed by atoms with Crippen molar-refractivity contribution in [3.8, 4) is 0 Å². The van der Waals surface area contributed by atoms with E-state index in [2.05, 4.69) is 0 Å². The fourth-order valence-electron chi connectivity index (χ4n) is 2.34. The molecule has 0 aliphatic heterocycles. The zero-order valence-corrected chi connectivity index (χ0v) is 17.1. The van der Waals surface area contributed by atoms with Crippen molar-refractivity contribution >= 4 is 28.9 Å². The minimum atomic E-state index is -0.599. The molecule has 1 aromatic heterocycles. The summed E-state index contributed by atoms with van der Waals surface area (Å²) in [6.07, 6.45) is 3.50. The van der Waals surface area contributed by atoms with Gasteiger partial charge in [-0.25, -0.2) is 4.79 Å². The van der Waals surface area contributed by atoms with Crippen LogP contribution >= 0.6 is 11.8 Å². The second-order valence-electron chi connectivity index (χ2n) is 6.94. The van der Waals surface area contributed by atoms with Gasteiger partial charge in [0.15, 0.2) is 5.12 Å². The summed E-state index contributed by atoms with van der Waals surface area (Å²) in [7, 11) is 0. The quantitative estimate of drug-likeness (QED) is 0.499. The Hall–Kier alpha value is -1.76. The van der Waals surface area contributed by atoms with Gasteiger partial charge in [-0.3, -0.25) is 14.2 Å². The van der Waals surface area contributed by atoms with E-state index in [-0.39, 0.29) is 17.5 Å². The van der Waals surface area contributed by atoms with E-state index in [0.29, 0.717) is 13.0 Å². The van der Waals surface area contributed by atoms with Gasteiger partial charge in [0, 0.05) is 24.6 Å². The number of carbonyl (C=O) groups is 3. The number of ether oxygens (including phenoxy) is 2. The lowest BCUT2D eigenvalue weighted by Gasteiger charge is -2.20. The molecule has 1 heterocycles. The van der Waals surface area contributed by atoms with Crippen molar-refractivity contribution in [3.05, 3.63) is 23.5 Å². The molecule has 0 aromatic carbocycles. The van der Waals surface area contributed by atoms with Crippen molar-refractivity contribution in [1.29, 1.82) is 0 Å². The SMILES string of the molecule is CCOC(=O)CCc1cc(CCCSC(C)=O)cn1C(=O)OC(C)(C)C. The van der Waals surface area contributed by atoms with Crippen molar-refractivity contribution in [2.75, 3.05) is 12.4 Å². The third kappa shape index (κ3) is 8.56. The molecular weight excluding hydrogens is 354 g/mol. The average molecular weight is 384 g/mol. The van der Waals surface area contributed by atoms with Crippen LogP contribution in [-0.2, 0) is 31.9 Å². The topological polar surface area (TPSA) is 74.6 Å². The molecule has 0 N–H and O–H groups in total. The first kappa shape index (κ1) is 22.3. The number of aryl methyl sites for hydroxylation is 2. The molecule has 0 radical (unpaired) electrons. The maximum Gasteiger partial charge on any atom is 0.418 e. The summed E-state index contributed by atoms with van der Waals surface area (Å²) in [6.45, 7) is 9.09. The molecule has 1 rings (SSSR count). The van der Waals surface area contributed by atoms with E-state index in [1.165, 1.54) is 16.3 Å². The highest BCUT2D eigenvalue weighted by molar-refractivity contribution is 8.13. The van der Waals surface area contributed by atoms with Gasteiger partial charge in [0.2, 0.25) is 0 Å². The van der Waals surface area contributed by atoms with Crippen LogP contribution in [0.3, 0.4) is 0 Å². The third-order valence-electron chi connectivity index (χ3n) is 3.35. The highest BCUT2D eigenvalue weighted by Gasteiger charge is 2.21. The van der Waals surface area contributed by atoms with Crippen LogP contribution < -0.4 is 0 Å². The molecule has 0 aliphatic carbocycles. The first-order valence-corrected chi connectivity index (χ1v) is 9.83. The molecule has 0 saturated carbocycles. The Balaban J connectivity index is 2.83. The second-order valence-corrected chi connectivity index (χ2v) is 8.21. The fraction of sp³-hybridized carbons (Fsp3) is 0.632. The van der Waals surface area contributed by atoms with Crippen LogP contribution in [0.5, 0.6) is 0 Å². The number of nitrogens with zero attached hydrogens (tertiary/aromatic N) is 1. The first-order valence-electron chi connectivity index (χ1n) is 8.85. The van der Waals surface area contributed by atoms with Crippen LogP contribution in [0.1, 0.15) is 58.7 Å². The zero-order chi connectivity index (χ0) is 19.7. The van der Waals surface area contributed by atoms with Gasteiger partial charge in [-0.1, -0.05) is 11.8 Å². The maximum absolute atomic E-state index is 12.5. The molecule has 0 saturated heterocycles. The highest BCUT2D eigenvalue weighted by Crippen LogP contribution is 2.17. The summed E-state index contributed by atoms with van der Waals surface area (Å²) in [6, 6.07) is 1.92. The van der Waals surface area contributed by atoms with Gasteiger partial charge in [-0.05, 0) is 58.6 Å². The van der Waals surface area contributed by atoms with Crippen LogP contribution in [-0.4, -0.2) is 39.7 Å². The lowest BCUT2D eigenvalue weighted by atomic mass is 10.1. The van der Waals surface area contributed by atoms with Crippen LogP contribution in [0.25, 0.3) is 0 Å². The molecule has 7 heteroatoms. The number of hydrogen-bond donors (Lipinski definition) is 0. The van der Waals surface area contributed by atoms with Crippen LogP contribution in [0.2, 0.25) is 0 Å². The Morgan fingerprint density at radius 3 is 2.46 bits per heavy atom. The summed E-state index contributed by atoms with van der Waals surface area (Å²) in [5.74, 6) is 0.453. The van der Waals surface area contributed by atoms with Gasteiger partial charge < -0.3 is 9.47 Å². The summed E-state index contributed by atoms with van der Waals surface area (Å²) >= 11 is 1.30. The van der Waals surface area contributed by atoms with Crippen molar-refractivity contribution in [3.63, 3.8) is 0 Å². The Labute approximate surface area is 159 Å². The minimum absolute atomic E-state index is 0.103. The van der Waals surface area contributed by atoms with Crippen molar-refractivity contribution in [2.24, 2.45) is 0 Å². The highest BCUT2D eigenvalue weighted by atomic mass is 32.2. The number of rotatable bonds is 8.